The molecule has 98 valence electrons. The molecule has 1 aromatic rings. The van der Waals surface area contributed by atoms with Gasteiger partial charge in [0, 0.05) is 25.6 Å². The van der Waals surface area contributed by atoms with Crippen LogP contribution in [0.3, 0.4) is 0 Å². The topological polar surface area (TPSA) is 63.2 Å². The predicted molar refractivity (Wildman–Crippen MR) is 69.7 cm³/mol. The van der Waals surface area contributed by atoms with E-state index in [-0.39, 0.29) is 5.91 Å². The first-order valence-corrected chi connectivity index (χ1v) is 6.36. The summed E-state index contributed by atoms with van der Waals surface area (Å²) in [4.78, 5) is 16.2. The van der Waals surface area contributed by atoms with Crippen LogP contribution < -0.4 is 10.6 Å². The first-order chi connectivity index (χ1) is 8.79. The second-order valence-electron chi connectivity index (χ2n) is 4.38. The summed E-state index contributed by atoms with van der Waals surface area (Å²) in [6.45, 7) is 4.98. The fourth-order valence-electron chi connectivity index (χ4n) is 1.91. The van der Waals surface area contributed by atoms with Gasteiger partial charge in [-0.15, -0.1) is 0 Å². The fourth-order valence-corrected chi connectivity index (χ4v) is 1.91. The summed E-state index contributed by atoms with van der Waals surface area (Å²) in [6.07, 6.45) is 1.02. The lowest BCUT2D eigenvalue weighted by molar-refractivity contribution is 0.0940. The number of aromatic nitrogens is 1. The Kier molecular flexibility index (Phi) is 4.52. The molecule has 0 saturated carbocycles. The van der Waals surface area contributed by atoms with E-state index in [1.165, 1.54) is 0 Å². The van der Waals surface area contributed by atoms with Gasteiger partial charge in [-0.1, -0.05) is 6.07 Å². The lowest BCUT2D eigenvalue weighted by Crippen LogP contribution is -2.30. The van der Waals surface area contributed by atoms with Crippen LogP contribution >= 0.6 is 0 Å². The van der Waals surface area contributed by atoms with Gasteiger partial charge in [-0.25, -0.2) is 4.98 Å². The van der Waals surface area contributed by atoms with Crippen molar-refractivity contribution in [3.8, 4) is 0 Å². The van der Waals surface area contributed by atoms with Crippen LogP contribution in [0, 0.1) is 5.92 Å². The number of hydrogen-bond donors (Lipinski definition) is 2. The lowest BCUT2D eigenvalue weighted by atomic mass is 10.1. The zero-order valence-corrected chi connectivity index (χ0v) is 10.6. The van der Waals surface area contributed by atoms with Gasteiger partial charge in [0.05, 0.1) is 6.61 Å². The fraction of sp³-hybridized carbons (Fsp3) is 0.538. The number of anilines is 1. The number of nitrogens with zero attached hydrogens (tertiary/aromatic N) is 1. The molecular weight excluding hydrogens is 230 g/mol. The van der Waals surface area contributed by atoms with Gasteiger partial charge in [0.15, 0.2) is 0 Å². The van der Waals surface area contributed by atoms with Gasteiger partial charge >= 0.3 is 0 Å². The number of rotatable bonds is 5. The first kappa shape index (κ1) is 12.8. The van der Waals surface area contributed by atoms with Crippen molar-refractivity contribution in [2.75, 3.05) is 31.6 Å². The smallest absolute Gasteiger partial charge is 0.269 e. The Morgan fingerprint density at radius 1 is 1.56 bits per heavy atom. The minimum absolute atomic E-state index is 0.123. The van der Waals surface area contributed by atoms with Gasteiger partial charge in [0.2, 0.25) is 0 Å². The molecule has 1 aliphatic heterocycles. The molecule has 2 rings (SSSR count). The summed E-state index contributed by atoms with van der Waals surface area (Å²) in [6, 6.07) is 5.41. The van der Waals surface area contributed by atoms with E-state index in [2.05, 4.69) is 15.6 Å². The standard InChI is InChI=1S/C13H19N3O2/c1-2-14-12-5-3-4-11(16-12)13(17)15-8-10-6-7-18-9-10/h3-5,10H,2,6-9H2,1H3,(H,14,16)(H,15,17). The van der Waals surface area contributed by atoms with Crippen molar-refractivity contribution >= 4 is 11.7 Å². The Morgan fingerprint density at radius 3 is 3.17 bits per heavy atom. The van der Waals surface area contributed by atoms with Gasteiger partial charge < -0.3 is 15.4 Å². The van der Waals surface area contributed by atoms with Gasteiger partial charge in [0.1, 0.15) is 11.5 Å². The quantitative estimate of drug-likeness (QED) is 0.825. The van der Waals surface area contributed by atoms with E-state index in [0.717, 1.165) is 32.0 Å². The van der Waals surface area contributed by atoms with Crippen molar-refractivity contribution in [1.29, 1.82) is 0 Å². The summed E-state index contributed by atoms with van der Waals surface area (Å²) >= 11 is 0. The molecule has 0 bridgehead atoms. The molecule has 1 atom stereocenters. The third-order valence-electron chi connectivity index (χ3n) is 2.91. The highest BCUT2D eigenvalue weighted by atomic mass is 16.5. The largest absolute Gasteiger partial charge is 0.381 e. The van der Waals surface area contributed by atoms with Gasteiger partial charge in [-0.3, -0.25) is 4.79 Å². The van der Waals surface area contributed by atoms with E-state index in [1.807, 2.05) is 19.1 Å². The van der Waals surface area contributed by atoms with Crippen molar-refractivity contribution in [1.82, 2.24) is 10.3 Å². The van der Waals surface area contributed by atoms with E-state index in [1.54, 1.807) is 6.07 Å². The maximum Gasteiger partial charge on any atom is 0.269 e. The molecule has 18 heavy (non-hydrogen) atoms. The summed E-state index contributed by atoms with van der Waals surface area (Å²) < 4.78 is 5.27. The number of nitrogens with one attached hydrogen (secondary N) is 2. The zero-order valence-electron chi connectivity index (χ0n) is 10.6. The van der Waals surface area contributed by atoms with Crippen LogP contribution in [0.1, 0.15) is 23.8 Å². The zero-order chi connectivity index (χ0) is 12.8. The molecule has 0 radical (unpaired) electrons. The Hall–Kier alpha value is -1.62. The van der Waals surface area contributed by atoms with E-state index in [0.29, 0.717) is 18.2 Å². The minimum atomic E-state index is -0.123. The monoisotopic (exact) mass is 249 g/mol. The van der Waals surface area contributed by atoms with Crippen molar-refractivity contribution in [3.05, 3.63) is 23.9 Å². The molecule has 1 unspecified atom stereocenters. The average Bonchev–Trinajstić information content (AvgIpc) is 2.90. The molecule has 5 nitrogen and oxygen atoms in total. The Morgan fingerprint density at radius 2 is 2.44 bits per heavy atom. The Bertz CT molecular complexity index is 403. The first-order valence-electron chi connectivity index (χ1n) is 6.36. The molecule has 5 heteroatoms. The molecule has 1 fully saturated rings. The van der Waals surface area contributed by atoms with Crippen LogP contribution in [0.4, 0.5) is 5.82 Å². The number of pyridine rings is 1. The summed E-state index contributed by atoms with van der Waals surface area (Å²) in [5, 5.41) is 5.99. The third kappa shape index (κ3) is 3.43. The normalized spacial score (nSPS) is 18.6. The van der Waals surface area contributed by atoms with Crippen LogP contribution in [0.15, 0.2) is 18.2 Å². The predicted octanol–water partition coefficient (Wildman–Crippen LogP) is 1.28. The summed E-state index contributed by atoms with van der Waals surface area (Å²) in [5.41, 5.74) is 0.451. The minimum Gasteiger partial charge on any atom is -0.381 e. The molecular formula is C13H19N3O2. The van der Waals surface area contributed by atoms with Gasteiger partial charge in [-0.05, 0) is 25.5 Å². The van der Waals surface area contributed by atoms with E-state index in [4.69, 9.17) is 4.74 Å². The highest BCUT2D eigenvalue weighted by Gasteiger charge is 2.17. The lowest BCUT2D eigenvalue weighted by Gasteiger charge is -2.09. The highest BCUT2D eigenvalue weighted by Crippen LogP contribution is 2.11. The summed E-state index contributed by atoms with van der Waals surface area (Å²) in [5.74, 6) is 1.04. The molecule has 2 N–H and O–H groups in total. The van der Waals surface area contributed by atoms with Gasteiger partial charge in [-0.2, -0.15) is 0 Å². The number of carbonyl (C=O) groups excluding carboxylic acids is 1. The summed E-state index contributed by atoms with van der Waals surface area (Å²) in [7, 11) is 0. The van der Waals surface area contributed by atoms with Crippen molar-refractivity contribution in [2.24, 2.45) is 5.92 Å². The second-order valence-corrected chi connectivity index (χ2v) is 4.38. The molecule has 2 heterocycles. The van der Waals surface area contributed by atoms with Crippen molar-refractivity contribution in [2.45, 2.75) is 13.3 Å². The van der Waals surface area contributed by atoms with E-state index < -0.39 is 0 Å². The number of carbonyl (C=O) groups is 1. The molecule has 1 saturated heterocycles. The highest BCUT2D eigenvalue weighted by molar-refractivity contribution is 5.92. The van der Waals surface area contributed by atoms with Crippen LogP contribution in [0.25, 0.3) is 0 Å². The number of ether oxygens (including phenoxy) is 1. The average molecular weight is 249 g/mol. The van der Waals surface area contributed by atoms with Crippen molar-refractivity contribution < 1.29 is 9.53 Å². The molecule has 0 aliphatic carbocycles. The van der Waals surface area contributed by atoms with Gasteiger partial charge in [0.25, 0.3) is 5.91 Å². The Balaban J connectivity index is 1.89. The SMILES string of the molecule is CCNc1cccc(C(=O)NCC2CCOC2)n1. The maximum atomic E-state index is 11.9. The second kappa shape index (κ2) is 6.35. The van der Waals surface area contributed by atoms with E-state index >= 15 is 0 Å². The van der Waals surface area contributed by atoms with Crippen LogP contribution in [0.5, 0.6) is 0 Å². The van der Waals surface area contributed by atoms with Crippen LogP contribution in [-0.4, -0.2) is 37.2 Å². The number of amides is 1. The number of hydrogen-bond acceptors (Lipinski definition) is 4. The molecule has 0 spiro atoms. The third-order valence-corrected chi connectivity index (χ3v) is 2.91. The molecule has 0 aromatic carbocycles. The van der Waals surface area contributed by atoms with Crippen LogP contribution in [0.2, 0.25) is 0 Å². The van der Waals surface area contributed by atoms with E-state index in [9.17, 15) is 4.79 Å². The van der Waals surface area contributed by atoms with Crippen LogP contribution in [-0.2, 0) is 4.74 Å². The Labute approximate surface area is 107 Å². The maximum absolute atomic E-state index is 11.9. The molecule has 1 amide bonds. The van der Waals surface area contributed by atoms with Crippen molar-refractivity contribution in [3.63, 3.8) is 0 Å². The molecule has 1 aromatic heterocycles. The molecule has 1 aliphatic rings.